The zero-order valence-electron chi connectivity index (χ0n) is 9.56. The second kappa shape index (κ2) is 6.00. The molecule has 4 N–H and O–H groups in total. The third kappa shape index (κ3) is 3.20. The molecule has 0 aromatic carbocycles. The molecule has 2 rings (SSSR count). The van der Waals surface area contributed by atoms with Crippen molar-refractivity contribution < 1.29 is 4.79 Å². The van der Waals surface area contributed by atoms with Gasteiger partial charge in [0.15, 0.2) is 0 Å². The molecule has 1 amide bonds. The van der Waals surface area contributed by atoms with Crippen molar-refractivity contribution in [2.24, 2.45) is 5.73 Å². The quantitative estimate of drug-likeness (QED) is 0.711. The van der Waals surface area contributed by atoms with E-state index < -0.39 is 0 Å². The number of aromatic nitrogens is 2. The SMILES string of the molecule is NCC#Cc1ccc(CNC(=O)c2ccn[nH]2)s1. The fourth-order valence-electron chi connectivity index (χ4n) is 1.32. The molecule has 0 spiro atoms. The molecule has 2 aromatic rings. The van der Waals surface area contributed by atoms with Gasteiger partial charge in [0.2, 0.25) is 0 Å². The third-order valence-corrected chi connectivity index (χ3v) is 3.14. The molecular formula is C12H12N4OS. The van der Waals surface area contributed by atoms with Crippen LogP contribution in [0.5, 0.6) is 0 Å². The van der Waals surface area contributed by atoms with Gasteiger partial charge in [0.25, 0.3) is 5.91 Å². The molecule has 2 aromatic heterocycles. The smallest absolute Gasteiger partial charge is 0.269 e. The highest BCUT2D eigenvalue weighted by molar-refractivity contribution is 7.12. The van der Waals surface area contributed by atoms with Gasteiger partial charge >= 0.3 is 0 Å². The normalized spacial score (nSPS) is 9.61. The van der Waals surface area contributed by atoms with E-state index in [9.17, 15) is 4.79 Å². The van der Waals surface area contributed by atoms with Crippen LogP contribution in [0.25, 0.3) is 0 Å². The van der Waals surface area contributed by atoms with Gasteiger partial charge in [-0.3, -0.25) is 9.89 Å². The van der Waals surface area contributed by atoms with Gasteiger partial charge < -0.3 is 11.1 Å². The van der Waals surface area contributed by atoms with Crippen molar-refractivity contribution in [3.05, 3.63) is 39.8 Å². The van der Waals surface area contributed by atoms with Gasteiger partial charge in [-0.05, 0) is 18.2 Å². The van der Waals surface area contributed by atoms with Crippen molar-refractivity contribution in [1.82, 2.24) is 15.5 Å². The second-order valence-electron chi connectivity index (χ2n) is 3.42. The summed E-state index contributed by atoms with van der Waals surface area (Å²) >= 11 is 1.54. The predicted octanol–water partition coefficient (Wildman–Crippen LogP) is 0.711. The number of aromatic amines is 1. The first-order valence-electron chi connectivity index (χ1n) is 5.35. The maximum Gasteiger partial charge on any atom is 0.269 e. The molecule has 0 aliphatic rings. The van der Waals surface area contributed by atoms with E-state index in [1.807, 2.05) is 12.1 Å². The number of carbonyl (C=O) groups is 1. The van der Waals surface area contributed by atoms with Crippen LogP contribution in [0, 0.1) is 11.8 Å². The molecule has 0 saturated carbocycles. The van der Waals surface area contributed by atoms with Crippen LogP contribution in [-0.4, -0.2) is 22.6 Å². The number of hydrogen-bond donors (Lipinski definition) is 3. The lowest BCUT2D eigenvalue weighted by Gasteiger charge is -2.00. The van der Waals surface area contributed by atoms with Gasteiger partial charge in [-0.25, -0.2) is 0 Å². The summed E-state index contributed by atoms with van der Waals surface area (Å²) in [4.78, 5) is 13.6. The Kier molecular flexibility index (Phi) is 4.12. The second-order valence-corrected chi connectivity index (χ2v) is 4.59. The topological polar surface area (TPSA) is 83.8 Å². The number of nitrogens with zero attached hydrogens (tertiary/aromatic N) is 1. The van der Waals surface area contributed by atoms with Gasteiger partial charge in [0.1, 0.15) is 5.69 Å². The summed E-state index contributed by atoms with van der Waals surface area (Å²) in [6.45, 7) is 0.830. The van der Waals surface area contributed by atoms with Crippen molar-refractivity contribution in [3.63, 3.8) is 0 Å². The maximum absolute atomic E-state index is 11.6. The largest absolute Gasteiger partial charge is 0.346 e. The molecule has 0 saturated heterocycles. The number of nitrogens with two attached hydrogens (primary N) is 1. The van der Waals surface area contributed by atoms with Crippen LogP contribution in [-0.2, 0) is 6.54 Å². The van der Waals surface area contributed by atoms with Gasteiger partial charge in [-0.15, -0.1) is 11.3 Å². The lowest BCUT2D eigenvalue weighted by atomic mass is 10.4. The number of nitrogens with one attached hydrogen (secondary N) is 2. The standard InChI is InChI=1S/C12H12N4OS/c13-6-1-2-9-3-4-10(18-9)8-14-12(17)11-5-7-15-16-11/h3-5,7H,6,8,13H2,(H,14,17)(H,15,16). The Hall–Kier alpha value is -2.10. The van der Waals surface area contributed by atoms with Gasteiger partial charge in [-0.2, -0.15) is 5.10 Å². The number of carbonyl (C=O) groups excluding carboxylic acids is 1. The highest BCUT2D eigenvalue weighted by Gasteiger charge is 2.06. The minimum absolute atomic E-state index is 0.171. The first-order chi connectivity index (χ1) is 8.79. The van der Waals surface area contributed by atoms with Crippen LogP contribution in [0.2, 0.25) is 0 Å². The fraction of sp³-hybridized carbons (Fsp3) is 0.167. The van der Waals surface area contributed by atoms with Crippen LogP contribution in [0.15, 0.2) is 24.4 Å². The van der Waals surface area contributed by atoms with Gasteiger partial charge in [0, 0.05) is 11.1 Å². The van der Waals surface area contributed by atoms with E-state index in [4.69, 9.17) is 5.73 Å². The summed E-state index contributed by atoms with van der Waals surface area (Å²) in [5, 5.41) is 9.13. The lowest BCUT2D eigenvalue weighted by Crippen LogP contribution is -2.22. The molecule has 0 aliphatic carbocycles. The minimum atomic E-state index is -0.171. The minimum Gasteiger partial charge on any atom is -0.346 e. The van der Waals surface area contributed by atoms with E-state index in [1.54, 1.807) is 23.6 Å². The molecule has 18 heavy (non-hydrogen) atoms. The van der Waals surface area contributed by atoms with Crippen molar-refractivity contribution in [1.29, 1.82) is 0 Å². The number of amides is 1. The van der Waals surface area contributed by atoms with E-state index in [0.29, 0.717) is 18.8 Å². The van der Waals surface area contributed by atoms with E-state index in [1.165, 1.54) is 0 Å². The van der Waals surface area contributed by atoms with Crippen molar-refractivity contribution >= 4 is 17.2 Å². The molecule has 0 atom stereocenters. The molecule has 92 valence electrons. The monoisotopic (exact) mass is 260 g/mol. The van der Waals surface area contributed by atoms with E-state index >= 15 is 0 Å². The summed E-state index contributed by atoms with van der Waals surface area (Å²) in [6.07, 6.45) is 1.54. The highest BCUT2D eigenvalue weighted by Crippen LogP contribution is 2.15. The van der Waals surface area contributed by atoms with E-state index in [-0.39, 0.29) is 5.91 Å². The van der Waals surface area contributed by atoms with Crippen LogP contribution in [0.3, 0.4) is 0 Å². The molecule has 5 nitrogen and oxygen atoms in total. The zero-order chi connectivity index (χ0) is 12.8. The van der Waals surface area contributed by atoms with E-state index in [0.717, 1.165) is 9.75 Å². The molecule has 0 fully saturated rings. The van der Waals surface area contributed by atoms with Crippen LogP contribution in [0.1, 0.15) is 20.2 Å². The van der Waals surface area contributed by atoms with Crippen molar-refractivity contribution in [3.8, 4) is 11.8 Å². The van der Waals surface area contributed by atoms with Gasteiger partial charge in [0.05, 0.1) is 18.0 Å². The number of H-pyrrole nitrogens is 1. The first-order valence-corrected chi connectivity index (χ1v) is 6.16. The number of hydrogen-bond acceptors (Lipinski definition) is 4. The first kappa shape index (κ1) is 12.4. The number of rotatable bonds is 3. The summed E-state index contributed by atoms with van der Waals surface area (Å²) in [6, 6.07) is 5.49. The molecule has 2 heterocycles. The lowest BCUT2D eigenvalue weighted by molar-refractivity contribution is 0.0946. The van der Waals surface area contributed by atoms with Crippen LogP contribution in [0.4, 0.5) is 0 Å². The van der Waals surface area contributed by atoms with Crippen molar-refractivity contribution in [2.75, 3.05) is 6.54 Å². The van der Waals surface area contributed by atoms with E-state index in [2.05, 4.69) is 27.4 Å². The third-order valence-electron chi connectivity index (χ3n) is 2.14. The Morgan fingerprint density at radius 3 is 3.11 bits per heavy atom. The Bertz CT molecular complexity index is 577. The molecular weight excluding hydrogens is 248 g/mol. The van der Waals surface area contributed by atoms with Crippen LogP contribution < -0.4 is 11.1 Å². The predicted molar refractivity (Wildman–Crippen MR) is 70.0 cm³/mol. The summed E-state index contributed by atoms with van der Waals surface area (Å²) in [5.74, 6) is 5.58. The highest BCUT2D eigenvalue weighted by atomic mass is 32.1. The molecule has 0 bridgehead atoms. The molecule has 0 aliphatic heterocycles. The molecule has 0 radical (unpaired) electrons. The number of thiophene rings is 1. The zero-order valence-corrected chi connectivity index (χ0v) is 10.4. The molecule has 0 unspecified atom stereocenters. The fourth-order valence-corrected chi connectivity index (χ4v) is 2.15. The summed E-state index contributed by atoms with van der Waals surface area (Å²) in [7, 11) is 0. The van der Waals surface area contributed by atoms with Gasteiger partial charge in [-0.1, -0.05) is 11.8 Å². The average molecular weight is 260 g/mol. The Morgan fingerprint density at radius 1 is 1.50 bits per heavy atom. The Labute approximate surface area is 108 Å². The Morgan fingerprint density at radius 2 is 2.39 bits per heavy atom. The molecule has 6 heteroatoms. The van der Waals surface area contributed by atoms with Crippen molar-refractivity contribution in [2.45, 2.75) is 6.54 Å². The maximum atomic E-state index is 11.6. The summed E-state index contributed by atoms with van der Waals surface area (Å²) in [5.41, 5.74) is 5.75. The summed E-state index contributed by atoms with van der Waals surface area (Å²) < 4.78 is 0. The van der Waals surface area contributed by atoms with Crippen LogP contribution >= 0.6 is 11.3 Å². The average Bonchev–Trinajstić information content (AvgIpc) is 3.04. The Balaban J connectivity index is 1.90.